The van der Waals surface area contributed by atoms with Crippen molar-refractivity contribution in [3.05, 3.63) is 52.8 Å². The summed E-state index contributed by atoms with van der Waals surface area (Å²) in [6.45, 7) is 2.37. The average molecular weight is 376 g/mol. The van der Waals surface area contributed by atoms with Crippen molar-refractivity contribution >= 4 is 17.5 Å². The quantitative estimate of drug-likeness (QED) is 0.789. The molecule has 1 amide bonds. The lowest BCUT2D eigenvalue weighted by molar-refractivity contribution is 0.0702. The maximum Gasteiger partial charge on any atom is 0.255 e. The normalized spacial score (nSPS) is 20.8. The Labute approximate surface area is 158 Å². The van der Waals surface area contributed by atoms with Crippen molar-refractivity contribution in [3.8, 4) is 0 Å². The summed E-state index contributed by atoms with van der Waals surface area (Å²) in [5.74, 6) is 1.53. The lowest BCUT2D eigenvalue weighted by Crippen LogP contribution is -2.40. The van der Waals surface area contributed by atoms with Crippen LogP contribution in [-0.4, -0.2) is 33.4 Å². The molecule has 4 rings (SSSR count). The smallest absolute Gasteiger partial charge is 0.255 e. The Hall–Kier alpha value is -1.88. The van der Waals surface area contributed by atoms with Crippen LogP contribution in [0.5, 0.6) is 0 Å². The molecular weight excluding hydrogens is 353 g/mol. The predicted octanol–water partition coefficient (Wildman–Crippen LogP) is 4.50. The van der Waals surface area contributed by atoms with Gasteiger partial charge >= 0.3 is 0 Å². The summed E-state index contributed by atoms with van der Waals surface area (Å²) in [5, 5.41) is 0.170. The van der Waals surface area contributed by atoms with Crippen molar-refractivity contribution in [1.82, 2.24) is 14.5 Å². The molecule has 1 aromatic carbocycles. The third kappa shape index (κ3) is 3.50. The van der Waals surface area contributed by atoms with Crippen molar-refractivity contribution in [3.63, 3.8) is 0 Å². The van der Waals surface area contributed by atoms with E-state index in [2.05, 4.69) is 15.7 Å². The van der Waals surface area contributed by atoms with E-state index in [1.165, 1.54) is 37.5 Å². The van der Waals surface area contributed by atoms with Gasteiger partial charge in [0.05, 0.1) is 10.6 Å². The molecule has 2 heterocycles. The van der Waals surface area contributed by atoms with E-state index in [1.54, 1.807) is 0 Å². The van der Waals surface area contributed by atoms with Crippen LogP contribution in [0, 0.1) is 11.7 Å². The van der Waals surface area contributed by atoms with E-state index in [-0.39, 0.29) is 16.8 Å². The third-order valence-corrected chi connectivity index (χ3v) is 5.98. The van der Waals surface area contributed by atoms with Crippen molar-refractivity contribution < 1.29 is 9.18 Å². The summed E-state index contributed by atoms with van der Waals surface area (Å²) in [6.07, 6.45) is 9.83. The van der Waals surface area contributed by atoms with Gasteiger partial charge < -0.3 is 9.47 Å². The number of imidazole rings is 1. The highest BCUT2D eigenvalue weighted by molar-refractivity contribution is 6.33. The largest absolute Gasteiger partial charge is 0.338 e. The molecule has 26 heavy (non-hydrogen) atoms. The van der Waals surface area contributed by atoms with Crippen LogP contribution in [0.25, 0.3) is 0 Å². The van der Waals surface area contributed by atoms with E-state index in [0.717, 1.165) is 31.1 Å². The third-order valence-electron chi connectivity index (χ3n) is 5.66. The number of aromatic nitrogens is 2. The van der Waals surface area contributed by atoms with Gasteiger partial charge in [0.2, 0.25) is 0 Å². The molecule has 2 fully saturated rings. The topological polar surface area (TPSA) is 38.1 Å². The van der Waals surface area contributed by atoms with Gasteiger partial charge in [-0.3, -0.25) is 4.79 Å². The van der Waals surface area contributed by atoms with Gasteiger partial charge in [-0.2, -0.15) is 0 Å². The van der Waals surface area contributed by atoms with Crippen molar-refractivity contribution in [1.29, 1.82) is 0 Å². The lowest BCUT2D eigenvalue weighted by Gasteiger charge is -2.34. The highest BCUT2D eigenvalue weighted by atomic mass is 35.5. The number of carbonyl (C=O) groups excluding carboxylic acids is 1. The van der Waals surface area contributed by atoms with Gasteiger partial charge in [0.25, 0.3) is 5.91 Å². The molecule has 6 heteroatoms. The second-order valence-corrected chi connectivity index (χ2v) is 7.86. The molecule has 0 unspecified atom stereocenters. The first-order valence-corrected chi connectivity index (χ1v) is 9.75. The molecule has 2 aromatic rings. The second kappa shape index (κ2) is 7.39. The number of carbonyl (C=O) groups is 1. The van der Waals surface area contributed by atoms with Crippen LogP contribution in [0.1, 0.15) is 54.2 Å². The number of amides is 1. The number of nitrogens with zero attached hydrogens (tertiary/aromatic N) is 3. The Morgan fingerprint density at radius 1 is 1.27 bits per heavy atom. The van der Waals surface area contributed by atoms with Gasteiger partial charge in [-0.25, -0.2) is 9.37 Å². The first-order valence-electron chi connectivity index (χ1n) is 9.37. The fourth-order valence-corrected chi connectivity index (χ4v) is 4.24. The average Bonchev–Trinajstić information content (AvgIpc) is 3.06. The summed E-state index contributed by atoms with van der Waals surface area (Å²) >= 11 is 6.08. The molecule has 1 saturated carbocycles. The van der Waals surface area contributed by atoms with Crippen molar-refractivity contribution in [2.45, 2.75) is 44.6 Å². The van der Waals surface area contributed by atoms with Crippen molar-refractivity contribution in [2.75, 3.05) is 13.1 Å². The monoisotopic (exact) mass is 375 g/mol. The van der Waals surface area contributed by atoms with E-state index >= 15 is 0 Å². The molecule has 0 spiro atoms. The number of hydrogen-bond donors (Lipinski definition) is 0. The van der Waals surface area contributed by atoms with Gasteiger partial charge in [0, 0.05) is 37.9 Å². The zero-order chi connectivity index (χ0) is 18.1. The molecular formula is C20H23ClFN3O. The molecule has 2 aliphatic rings. The lowest BCUT2D eigenvalue weighted by atomic mass is 9.85. The Kier molecular flexibility index (Phi) is 4.98. The number of benzene rings is 1. The van der Waals surface area contributed by atoms with E-state index in [0.29, 0.717) is 18.7 Å². The molecule has 1 aliphatic heterocycles. The number of hydrogen-bond acceptors (Lipinski definition) is 2. The molecule has 1 aromatic heterocycles. The second-order valence-electron chi connectivity index (χ2n) is 7.45. The van der Waals surface area contributed by atoms with Crippen LogP contribution in [-0.2, 0) is 6.54 Å². The highest BCUT2D eigenvalue weighted by Gasteiger charge is 2.29. The Bertz CT molecular complexity index is 802. The van der Waals surface area contributed by atoms with Crippen LogP contribution in [0.2, 0.25) is 5.02 Å². The first-order chi connectivity index (χ1) is 12.6. The maximum absolute atomic E-state index is 13.3. The van der Waals surface area contributed by atoms with Gasteiger partial charge in [0.15, 0.2) is 0 Å². The number of piperidine rings is 1. The highest BCUT2D eigenvalue weighted by Crippen LogP contribution is 2.32. The van der Waals surface area contributed by atoms with Crippen LogP contribution in [0.4, 0.5) is 4.39 Å². The molecule has 0 radical (unpaired) electrons. The molecule has 138 valence electrons. The predicted molar refractivity (Wildman–Crippen MR) is 98.9 cm³/mol. The van der Waals surface area contributed by atoms with Gasteiger partial charge in [0.1, 0.15) is 11.6 Å². The van der Waals surface area contributed by atoms with E-state index in [1.807, 2.05) is 11.1 Å². The molecule has 0 bridgehead atoms. The van der Waals surface area contributed by atoms with Crippen LogP contribution >= 0.6 is 11.6 Å². The standard InChI is InChI=1S/C20H23ClFN3O/c21-18-11-16(22)6-7-17(18)20(26)25-9-2-5-15(13-25)19-23-8-10-24(19)12-14-3-1-4-14/h6-8,10-11,14-15H,1-5,9,12-13H2/t15-/m0/s1. The minimum Gasteiger partial charge on any atom is -0.338 e. The van der Waals surface area contributed by atoms with Gasteiger partial charge in [-0.15, -0.1) is 0 Å². The summed E-state index contributed by atoms with van der Waals surface area (Å²) in [7, 11) is 0. The minimum absolute atomic E-state index is 0.128. The van der Waals surface area contributed by atoms with E-state index < -0.39 is 5.82 Å². The van der Waals surface area contributed by atoms with Crippen LogP contribution < -0.4 is 0 Å². The SMILES string of the molecule is O=C(c1ccc(F)cc1Cl)N1CCC[C@H](c2nccn2CC2CCC2)C1. The fourth-order valence-electron chi connectivity index (χ4n) is 3.99. The maximum atomic E-state index is 13.3. The minimum atomic E-state index is -0.430. The number of likely N-dealkylation sites (tertiary alicyclic amines) is 1. The molecule has 4 nitrogen and oxygen atoms in total. The molecule has 1 saturated heterocycles. The Morgan fingerprint density at radius 3 is 2.85 bits per heavy atom. The molecule has 1 aliphatic carbocycles. The zero-order valence-corrected chi connectivity index (χ0v) is 15.5. The molecule has 0 N–H and O–H groups in total. The fraction of sp³-hybridized carbons (Fsp3) is 0.500. The Balaban J connectivity index is 1.49. The summed E-state index contributed by atoms with van der Waals surface area (Å²) in [6, 6.07) is 3.95. The summed E-state index contributed by atoms with van der Waals surface area (Å²) in [5.41, 5.74) is 0.367. The van der Waals surface area contributed by atoms with Crippen LogP contribution in [0.15, 0.2) is 30.6 Å². The van der Waals surface area contributed by atoms with Crippen molar-refractivity contribution in [2.24, 2.45) is 5.92 Å². The summed E-state index contributed by atoms with van der Waals surface area (Å²) in [4.78, 5) is 19.3. The molecule has 1 atom stereocenters. The Morgan fingerprint density at radius 2 is 2.12 bits per heavy atom. The zero-order valence-electron chi connectivity index (χ0n) is 14.7. The van der Waals surface area contributed by atoms with E-state index in [9.17, 15) is 9.18 Å². The number of halogens is 2. The van der Waals surface area contributed by atoms with E-state index in [4.69, 9.17) is 11.6 Å². The number of rotatable bonds is 4. The first kappa shape index (κ1) is 17.5. The van der Waals surface area contributed by atoms with Gasteiger partial charge in [-0.05, 0) is 49.8 Å². The van der Waals surface area contributed by atoms with Gasteiger partial charge in [-0.1, -0.05) is 18.0 Å². The summed E-state index contributed by atoms with van der Waals surface area (Å²) < 4.78 is 15.5. The van der Waals surface area contributed by atoms with Crippen LogP contribution in [0.3, 0.4) is 0 Å².